The molecule has 0 aliphatic carbocycles. The zero-order valence-corrected chi connectivity index (χ0v) is 12.3. The smallest absolute Gasteiger partial charge is 0.343 e. The molecular formula is C16H11ClN2O3. The van der Waals surface area contributed by atoms with E-state index < -0.39 is 17.5 Å². The number of benzene rings is 1. The SMILES string of the molecule is Cc1cc2c(c(=O)o1)C(c1ccccc1Cl)C(C#N)C(=N)O2. The number of hydrogen-bond acceptors (Lipinski definition) is 5. The molecule has 0 saturated heterocycles. The maximum absolute atomic E-state index is 12.3. The van der Waals surface area contributed by atoms with E-state index in [4.69, 9.17) is 26.2 Å². The lowest BCUT2D eigenvalue weighted by atomic mass is 9.80. The number of halogens is 1. The van der Waals surface area contributed by atoms with Crippen molar-refractivity contribution < 1.29 is 9.15 Å². The standard InChI is InChI=1S/C16H11ClN2O3/c1-8-6-12-14(16(20)21-8)13(10(7-18)15(19)22-12)9-4-2-3-5-11(9)17/h2-6,10,13,19H,1H3. The first-order valence-corrected chi connectivity index (χ1v) is 6.95. The van der Waals surface area contributed by atoms with Crippen molar-refractivity contribution in [3.05, 3.63) is 62.7 Å². The van der Waals surface area contributed by atoms with Crippen molar-refractivity contribution in [1.82, 2.24) is 0 Å². The summed E-state index contributed by atoms with van der Waals surface area (Å²) in [7, 11) is 0. The highest BCUT2D eigenvalue weighted by Gasteiger charge is 2.40. The molecule has 0 spiro atoms. The third-order valence-corrected chi connectivity index (χ3v) is 3.94. The number of nitrogens with zero attached hydrogens (tertiary/aromatic N) is 1. The lowest BCUT2D eigenvalue weighted by Gasteiger charge is -2.29. The van der Waals surface area contributed by atoms with Crippen molar-refractivity contribution in [2.75, 3.05) is 0 Å². The van der Waals surface area contributed by atoms with Gasteiger partial charge in [-0.2, -0.15) is 5.26 Å². The second kappa shape index (κ2) is 5.32. The maximum Gasteiger partial charge on any atom is 0.343 e. The lowest BCUT2D eigenvalue weighted by Crippen LogP contribution is -2.34. The van der Waals surface area contributed by atoms with Crippen LogP contribution in [0.25, 0.3) is 0 Å². The molecule has 110 valence electrons. The fourth-order valence-electron chi connectivity index (χ4n) is 2.65. The molecule has 22 heavy (non-hydrogen) atoms. The van der Waals surface area contributed by atoms with E-state index in [1.165, 1.54) is 0 Å². The molecule has 5 nitrogen and oxygen atoms in total. The summed E-state index contributed by atoms with van der Waals surface area (Å²) in [6.07, 6.45) is 0. The Hall–Kier alpha value is -2.58. The molecule has 0 fully saturated rings. The molecule has 2 atom stereocenters. The zero-order valence-electron chi connectivity index (χ0n) is 11.6. The van der Waals surface area contributed by atoms with Crippen LogP contribution in [0.4, 0.5) is 0 Å². The zero-order chi connectivity index (χ0) is 15.9. The molecule has 3 rings (SSSR count). The van der Waals surface area contributed by atoms with Crippen LogP contribution in [0.5, 0.6) is 5.75 Å². The molecule has 0 saturated carbocycles. The monoisotopic (exact) mass is 314 g/mol. The van der Waals surface area contributed by atoms with Crippen LogP contribution in [0.2, 0.25) is 5.02 Å². The number of nitrogens with one attached hydrogen (secondary N) is 1. The summed E-state index contributed by atoms with van der Waals surface area (Å²) in [5, 5.41) is 17.8. The van der Waals surface area contributed by atoms with Crippen molar-refractivity contribution in [2.45, 2.75) is 12.8 Å². The summed E-state index contributed by atoms with van der Waals surface area (Å²) in [6, 6.07) is 10.5. The van der Waals surface area contributed by atoms with Crippen LogP contribution in [-0.4, -0.2) is 5.90 Å². The lowest BCUT2D eigenvalue weighted by molar-refractivity contribution is 0.403. The predicted octanol–water partition coefficient (Wildman–Crippen LogP) is 3.24. The van der Waals surface area contributed by atoms with Gasteiger partial charge < -0.3 is 9.15 Å². The van der Waals surface area contributed by atoms with E-state index in [0.29, 0.717) is 16.3 Å². The van der Waals surface area contributed by atoms with Crippen LogP contribution in [0.3, 0.4) is 0 Å². The minimum absolute atomic E-state index is 0.204. The topological polar surface area (TPSA) is 87.1 Å². The van der Waals surface area contributed by atoms with Gasteiger partial charge in [0.05, 0.1) is 11.6 Å². The highest BCUT2D eigenvalue weighted by molar-refractivity contribution is 6.31. The van der Waals surface area contributed by atoms with Gasteiger partial charge in [-0.15, -0.1) is 0 Å². The van der Waals surface area contributed by atoms with Crippen LogP contribution in [-0.2, 0) is 0 Å². The fourth-order valence-corrected chi connectivity index (χ4v) is 2.91. The van der Waals surface area contributed by atoms with Crippen LogP contribution >= 0.6 is 11.6 Å². The van der Waals surface area contributed by atoms with Crippen LogP contribution in [0.15, 0.2) is 39.5 Å². The van der Waals surface area contributed by atoms with Gasteiger partial charge in [-0.25, -0.2) is 4.79 Å². The molecule has 6 heteroatoms. The molecule has 1 aromatic carbocycles. The second-order valence-electron chi connectivity index (χ2n) is 4.99. The average molecular weight is 315 g/mol. The van der Waals surface area contributed by atoms with Gasteiger partial charge in [-0.3, -0.25) is 5.41 Å². The van der Waals surface area contributed by atoms with Gasteiger partial charge in [0, 0.05) is 17.0 Å². The number of ether oxygens (including phenoxy) is 1. The van der Waals surface area contributed by atoms with E-state index in [1.807, 2.05) is 6.07 Å². The van der Waals surface area contributed by atoms with E-state index in [2.05, 4.69) is 0 Å². The first-order valence-electron chi connectivity index (χ1n) is 6.58. The Morgan fingerprint density at radius 2 is 2.09 bits per heavy atom. The highest BCUT2D eigenvalue weighted by Crippen LogP contribution is 2.42. The van der Waals surface area contributed by atoms with Gasteiger partial charge in [0.1, 0.15) is 17.4 Å². The van der Waals surface area contributed by atoms with Gasteiger partial charge in [-0.05, 0) is 18.6 Å². The predicted molar refractivity (Wildman–Crippen MR) is 80.5 cm³/mol. The molecule has 0 bridgehead atoms. The Kier molecular flexibility index (Phi) is 3.47. The Morgan fingerprint density at radius 3 is 2.77 bits per heavy atom. The molecule has 1 N–H and O–H groups in total. The Labute approximate surface area is 131 Å². The number of nitriles is 1. The molecule has 2 unspecified atom stereocenters. The fraction of sp³-hybridized carbons (Fsp3) is 0.188. The van der Waals surface area contributed by atoms with Crippen molar-refractivity contribution in [3.63, 3.8) is 0 Å². The average Bonchev–Trinajstić information content (AvgIpc) is 2.46. The van der Waals surface area contributed by atoms with Crippen molar-refractivity contribution in [2.24, 2.45) is 5.92 Å². The first kappa shape index (κ1) is 14.4. The molecule has 1 aliphatic heterocycles. The largest absolute Gasteiger partial charge is 0.441 e. The van der Waals surface area contributed by atoms with Crippen molar-refractivity contribution in [3.8, 4) is 11.8 Å². The van der Waals surface area contributed by atoms with Crippen molar-refractivity contribution >= 4 is 17.5 Å². The summed E-state index contributed by atoms with van der Waals surface area (Å²) in [4.78, 5) is 12.3. The molecule has 2 heterocycles. The van der Waals surface area contributed by atoms with Gasteiger partial charge in [0.15, 0.2) is 0 Å². The molecule has 2 aromatic rings. The first-order chi connectivity index (χ1) is 10.5. The third-order valence-electron chi connectivity index (χ3n) is 3.60. The summed E-state index contributed by atoms with van der Waals surface area (Å²) >= 11 is 6.22. The minimum Gasteiger partial charge on any atom is -0.441 e. The summed E-state index contributed by atoms with van der Waals surface area (Å²) in [5.74, 6) is -1.20. The summed E-state index contributed by atoms with van der Waals surface area (Å²) in [6.45, 7) is 1.62. The van der Waals surface area contributed by atoms with Crippen LogP contribution < -0.4 is 10.4 Å². The van der Waals surface area contributed by atoms with Gasteiger partial charge in [0.25, 0.3) is 0 Å². The highest BCUT2D eigenvalue weighted by atomic mass is 35.5. The summed E-state index contributed by atoms with van der Waals surface area (Å²) < 4.78 is 10.5. The number of hydrogen-bond donors (Lipinski definition) is 1. The molecule has 1 aromatic heterocycles. The Balaban J connectivity index is 2.32. The van der Waals surface area contributed by atoms with E-state index in [-0.39, 0.29) is 17.2 Å². The Morgan fingerprint density at radius 1 is 1.36 bits per heavy atom. The molecule has 0 amide bonds. The normalized spacial score (nSPS) is 20.0. The minimum atomic E-state index is -0.932. The third kappa shape index (κ3) is 2.18. The second-order valence-corrected chi connectivity index (χ2v) is 5.40. The maximum atomic E-state index is 12.3. The number of fused-ring (bicyclic) bond motifs is 1. The van der Waals surface area contributed by atoms with Gasteiger partial charge in [-0.1, -0.05) is 29.8 Å². The van der Waals surface area contributed by atoms with E-state index in [9.17, 15) is 10.1 Å². The molecule has 0 radical (unpaired) electrons. The van der Waals surface area contributed by atoms with Crippen LogP contribution in [0.1, 0.15) is 22.8 Å². The van der Waals surface area contributed by atoms with Crippen LogP contribution in [0, 0.1) is 29.6 Å². The van der Waals surface area contributed by atoms with Crippen molar-refractivity contribution in [1.29, 1.82) is 10.7 Å². The number of rotatable bonds is 1. The van der Waals surface area contributed by atoms with E-state index in [0.717, 1.165) is 0 Å². The Bertz CT molecular complexity index is 866. The number of aryl methyl sites for hydroxylation is 1. The molecular weight excluding hydrogens is 304 g/mol. The van der Waals surface area contributed by atoms with Gasteiger partial charge >= 0.3 is 5.63 Å². The van der Waals surface area contributed by atoms with E-state index in [1.54, 1.807) is 37.3 Å². The van der Waals surface area contributed by atoms with Gasteiger partial charge in [0.2, 0.25) is 5.90 Å². The van der Waals surface area contributed by atoms with E-state index >= 15 is 0 Å². The summed E-state index contributed by atoms with van der Waals surface area (Å²) in [5.41, 5.74) is 0.245. The molecule has 1 aliphatic rings. The quantitative estimate of drug-likeness (QED) is 0.875.